The highest BCUT2D eigenvalue weighted by Gasteiger charge is 2.28. The molecule has 1 rings (SSSR count). The van der Waals surface area contributed by atoms with Gasteiger partial charge in [-0.2, -0.15) is 0 Å². The van der Waals surface area contributed by atoms with Crippen molar-refractivity contribution in [3.8, 4) is 5.75 Å². The molecule has 0 saturated carbocycles. The smallest absolute Gasteiger partial charge is 0.304 e. The van der Waals surface area contributed by atoms with Gasteiger partial charge in [-0.1, -0.05) is 13.8 Å². The van der Waals surface area contributed by atoms with Crippen LogP contribution in [0.5, 0.6) is 5.75 Å². The van der Waals surface area contributed by atoms with Crippen LogP contribution in [-0.4, -0.2) is 30.9 Å². The van der Waals surface area contributed by atoms with Crippen molar-refractivity contribution in [3.05, 3.63) is 23.8 Å². The number of carboxylic acids is 1. The molecule has 6 heteroatoms. The molecule has 0 aliphatic carbocycles. The number of sulfone groups is 1. The van der Waals surface area contributed by atoms with Crippen LogP contribution in [0.15, 0.2) is 23.1 Å². The fourth-order valence-electron chi connectivity index (χ4n) is 1.76. The van der Waals surface area contributed by atoms with Crippen LogP contribution in [0.1, 0.15) is 25.8 Å². The summed E-state index contributed by atoms with van der Waals surface area (Å²) in [5.41, 5.74) is -0.538. The highest BCUT2D eigenvalue weighted by Crippen LogP contribution is 2.35. The number of benzene rings is 1. The average Bonchev–Trinajstić information content (AvgIpc) is 2.13. The lowest BCUT2D eigenvalue weighted by atomic mass is 9.81. The van der Waals surface area contributed by atoms with Crippen molar-refractivity contribution < 1.29 is 23.4 Å². The van der Waals surface area contributed by atoms with Gasteiger partial charge >= 0.3 is 5.97 Å². The molecule has 0 spiro atoms. The molecule has 18 heavy (non-hydrogen) atoms. The molecule has 0 amide bonds. The number of phenolic OH excluding ortho intramolecular Hbond substituents is 1. The van der Waals surface area contributed by atoms with Crippen LogP contribution in [0.2, 0.25) is 0 Å². The quantitative estimate of drug-likeness (QED) is 0.867. The number of aromatic hydroxyl groups is 1. The molecule has 2 N–H and O–H groups in total. The lowest BCUT2D eigenvalue weighted by molar-refractivity contribution is -0.138. The summed E-state index contributed by atoms with van der Waals surface area (Å²) in [6.45, 7) is 3.28. The van der Waals surface area contributed by atoms with Crippen LogP contribution in [0.25, 0.3) is 0 Å². The molecule has 100 valence electrons. The number of rotatable bonds is 4. The van der Waals surface area contributed by atoms with Crippen molar-refractivity contribution in [2.75, 3.05) is 6.26 Å². The van der Waals surface area contributed by atoms with Gasteiger partial charge in [-0.3, -0.25) is 4.79 Å². The molecule has 0 atom stereocenters. The second-order valence-electron chi connectivity index (χ2n) is 4.91. The van der Waals surface area contributed by atoms with Gasteiger partial charge in [0, 0.05) is 17.2 Å². The van der Waals surface area contributed by atoms with Gasteiger partial charge in [-0.25, -0.2) is 8.42 Å². The summed E-state index contributed by atoms with van der Waals surface area (Å²) >= 11 is 0. The Bertz CT molecular complexity index is 572. The van der Waals surface area contributed by atoms with Gasteiger partial charge in [0.1, 0.15) is 5.75 Å². The highest BCUT2D eigenvalue weighted by molar-refractivity contribution is 7.90. The number of carbonyl (C=O) groups is 1. The minimum absolute atomic E-state index is 0.0637. The van der Waals surface area contributed by atoms with Crippen LogP contribution < -0.4 is 0 Å². The predicted octanol–water partition coefficient (Wildman–Crippen LogP) is 1.55. The van der Waals surface area contributed by atoms with E-state index >= 15 is 0 Å². The Labute approximate surface area is 106 Å². The van der Waals surface area contributed by atoms with Crippen LogP contribution in [0.3, 0.4) is 0 Å². The molecule has 5 nitrogen and oxygen atoms in total. The summed E-state index contributed by atoms with van der Waals surface area (Å²) in [4.78, 5) is 10.8. The summed E-state index contributed by atoms with van der Waals surface area (Å²) in [7, 11) is -3.39. The minimum Gasteiger partial charge on any atom is -0.508 e. The normalized spacial score (nSPS) is 12.4. The highest BCUT2D eigenvalue weighted by atomic mass is 32.2. The maximum atomic E-state index is 11.4. The molecule has 0 bridgehead atoms. The largest absolute Gasteiger partial charge is 0.508 e. The molecule has 0 saturated heterocycles. The molecule has 0 aliphatic heterocycles. The van der Waals surface area contributed by atoms with Crippen molar-refractivity contribution in [2.24, 2.45) is 0 Å². The third kappa shape index (κ3) is 3.22. The zero-order valence-corrected chi connectivity index (χ0v) is 11.3. The van der Waals surface area contributed by atoms with Crippen molar-refractivity contribution in [1.29, 1.82) is 0 Å². The predicted molar refractivity (Wildman–Crippen MR) is 66.5 cm³/mol. The lowest BCUT2D eigenvalue weighted by Crippen LogP contribution is -2.22. The van der Waals surface area contributed by atoms with E-state index in [2.05, 4.69) is 0 Å². The fraction of sp³-hybridized carbons (Fsp3) is 0.417. The van der Waals surface area contributed by atoms with Crippen molar-refractivity contribution in [2.45, 2.75) is 30.6 Å². The second-order valence-corrected chi connectivity index (χ2v) is 6.92. The first-order valence-corrected chi connectivity index (χ1v) is 7.18. The second kappa shape index (κ2) is 4.61. The maximum absolute atomic E-state index is 11.4. The molecular weight excluding hydrogens is 256 g/mol. The van der Waals surface area contributed by atoms with E-state index in [4.69, 9.17) is 5.11 Å². The fourth-order valence-corrected chi connectivity index (χ4v) is 2.41. The molecular formula is C12H16O5S. The maximum Gasteiger partial charge on any atom is 0.304 e. The molecule has 1 aromatic carbocycles. The van der Waals surface area contributed by atoms with Crippen LogP contribution in [0.4, 0.5) is 0 Å². The van der Waals surface area contributed by atoms with Crippen LogP contribution in [-0.2, 0) is 20.0 Å². The number of hydrogen-bond donors (Lipinski definition) is 2. The van der Waals surface area contributed by atoms with Crippen molar-refractivity contribution >= 4 is 15.8 Å². The Morgan fingerprint density at radius 1 is 1.33 bits per heavy atom. The van der Waals surface area contributed by atoms with Crippen LogP contribution >= 0.6 is 0 Å². The third-order valence-corrected chi connectivity index (χ3v) is 3.83. The summed E-state index contributed by atoms with van der Waals surface area (Å²) in [6.07, 6.45) is 0.862. The zero-order chi connectivity index (χ0) is 14.1. The van der Waals surface area contributed by atoms with Crippen molar-refractivity contribution in [3.63, 3.8) is 0 Å². The molecule has 0 aliphatic rings. The first-order chi connectivity index (χ1) is 8.04. The number of aliphatic carboxylic acids is 1. The summed E-state index contributed by atoms with van der Waals surface area (Å²) in [5, 5.41) is 18.6. The van der Waals surface area contributed by atoms with Gasteiger partial charge in [-0.05, 0) is 18.2 Å². The molecule has 0 heterocycles. The monoisotopic (exact) mass is 272 g/mol. The Kier molecular flexibility index (Phi) is 3.71. The molecule has 0 unspecified atom stereocenters. The van der Waals surface area contributed by atoms with Crippen molar-refractivity contribution in [1.82, 2.24) is 0 Å². The Balaban J connectivity index is 3.36. The van der Waals surface area contributed by atoms with Gasteiger partial charge in [-0.15, -0.1) is 0 Å². The van der Waals surface area contributed by atoms with E-state index in [0.29, 0.717) is 5.56 Å². The summed E-state index contributed by atoms with van der Waals surface area (Å²) in [5.74, 6) is -1.11. The molecule has 0 aromatic heterocycles. The van der Waals surface area contributed by atoms with Crippen LogP contribution in [0, 0.1) is 0 Å². The van der Waals surface area contributed by atoms with E-state index in [9.17, 15) is 18.3 Å². The van der Waals surface area contributed by atoms with Gasteiger partial charge in [0.05, 0.1) is 11.3 Å². The Morgan fingerprint density at radius 2 is 1.89 bits per heavy atom. The van der Waals surface area contributed by atoms with Gasteiger partial charge < -0.3 is 10.2 Å². The van der Waals surface area contributed by atoms with Gasteiger partial charge in [0.2, 0.25) is 0 Å². The number of phenols is 1. The Morgan fingerprint density at radius 3 is 2.33 bits per heavy atom. The molecule has 1 aromatic rings. The molecule has 0 radical (unpaired) electrons. The van der Waals surface area contributed by atoms with Gasteiger partial charge in [0.25, 0.3) is 0 Å². The third-order valence-electron chi connectivity index (χ3n) is 2.72. The summed E-state index contributed by atoms with van der Waals surface area (Å²) < 4.78 is 22.9. The minimum atomic E-state index is -3.39. The first-order valence-electron chi connectivity index (χ1n) is 5.29. The Hall–Kier alpha value is -1.56. The van der Waals surface area contributed by atoms with E-state index in [-0.39, 0.29) is 17.1 Å². The van der Waals surface area contributed by atoms with E-state index in [1.165, 1.54) is 18.2 Å². The van der Waals surface area contributed by atoms with E-state index in [0.717, 1.165) is 6.26 Å². The van der Waals surface area contributed by atoms with Gasteiger partial charge in [0.15, 0.2) is 9.84 Å². The van der Waals surface area contributed by atoms with E-state index in [1.807, 2.05) is 0 Å². The zero-order valence-electron chi connectivity index (χ0n) is 10.5. The average molecular weight is 272 g/mol. The number of hydrogen-bond acceptors (Lipinski definition) is 4. The van der Waals surface area contributed by atoms with E-state index in [1.54, 1.807) is 13.8 Å². The summed E-state index contributed by atoms with van der Waals surface area (Å²) in [6, 6.07) is 3.90. The first kappa shape index (κ1) is 14.5. The topological polar surface area (TPSA) is 91.7 Å². The SMILES string of the molecule is CC(C)(CC(=O)O)c1cc(S(C)(=O)=O)ccc1O. The molecule has 0 fully saturated rings. The standard InChI is InChI=1S/C12H16O5S/c1-12(2,7-11(14)15)9-6-8(18(3,16)17)4-5-10(9)13/h4-6,13H,7H2,1-3H3,(H,14,15). The number of carboxylic acid groups (broad SMARTS) is 1. The lowest BCUT2D eigenvalue weighted by Gasteiger charge is -2.24. The van der Waals surface area contributed by atoms with E-state index < -0.39 is 21.2 Å².